The van der Waals surface area contributed by atoms with Gasteiger partial charge in [-0.2, -0.15) is 0 Å². The average Bonchev–Trinajstić information content (AvgIpc) is 3.05. The van der Waals surface area contributed by atoms with E-state index in [1.807, 2.05) is 116 Å². The van der Waals surface area contributed by atoms with Crippen LogP contribution in [0.4, 0.5) is 35.1 Å². The van der Waals surface area contributed by atoms with Crippen molar-refractivity contribution in [3.05, 3.63) is 139 Å². The minimum absolute atomic E-state index is 0. The molecular formula is C57H83ClF8. The first-order valence-corrected chi connectivity index (χ1v) is 22.6. The number of hydrogen-bond acceptors (Lipinski definition) is 0. The monoisotopic (exact) mass is 955 g/mol. The zero-order chi connectivity index (χ0) is 51.8. The molecule has 0 aliphatic carbocycles. The summed E-state index contributed by atoms with van der Waals surface area (Å²) in [6, 6.07) is 11.8. The van der Waals surface area contributed by atoms with Crippen LogP contribution in [0.25, 0.3) is 0 Å². The molecular weight excluding hydrogens is 872 g/mol. The first-order valence-electron chi connectivity index (χ1n) is 22.2. The molecule has 4 aromatic rings. The third-order valence-corrected chi connectivity index (χ3v) is 11.1. The standard InChI is InChI=1S/C14H20ClF.C14H18F4.C14H20F2.C14H21F.CH4/c1-13(2,3)9-8-12(16)10(7-11(9)15)14(4,5)6;1-13(2,3)7-9(15)11(17)8(14(4,5)6)12(18)10(7)16;1-13(2,3)9-7-10(15)12(11(16)8-9)14(4,5)6;1-13(2,3)10-7-8-11(12(15)9-10)14(4,5)6;/h7-8H,1-6H3;1-6H3;7-8H,1-6H3;7-9H,1-6H3;1H4. The van der Waals surface area contributed by atoms with E-state index in [0.29, 0.717) is 16.1 Å². The third kappa shape index (κ3) is 16.7. The van der Waals surface area contributed by atoms with Crippen molar-refractivity contribution in [1.82, 2.24) is 0 Å². The Kier molecular flexibility index (Phi) is 20.4. The van der Waals surface area contributed by atoms with Crippen molar-refractivity contribution in [3.8, 4) is 0 Å². The highest BCUT2D eigenvalue weighted by atomic mass is 35.5. The highest BCUT2D eigenvalue weighted by Crippen LogP contribution is 2.39. The Bertz CT molecular complexity index is 2130. The lowest BCUT2D eigenvalue weighted by Crippen LogP contribution is -2.24. The molecule has 0 aromatic heterocycles. The van der Waals surface area contributed by atoms with Gasteiger partial charge >= 0.3 is 0 Å². The van der Waals surface area contributed by atoms with Gasteiger partial charge in [0, 0.05) is 21.7 Å². The van der Waals surface area contributed by atoms with E-state index in [-0.39, 0.29) is 51.7 Å². The van der Waals surface area contributed by atoms with Gasteiger partial charge < -0.3 is 0 Å². The molecule has 4 rings (SSSR count). The van der Waals surface area contributed by atoms with Gasteiger partial charge in [0.2, 0.25) is 0 Å². The molecule has 0 nitrogen and oxygen atoms in total. The van der Waals surface area contributed by atoms with Gasteiger partial charge in [-0.15, -0.1) is 0 Å². The van der Waals surface area contributed by atoms with E-state index < -0.39 is 62.3 Å². The molecule has 0 spiro atoms. The minimum atomic E-state index is -1.30. The summed E-state index contributed by atoms with van der Waals surface area (Å²) in [5.74, 6) is -6.35. The van der Waals surface area contributed by atoms with Crippen molar-refractivity contribution in [1.29, 1.82) is 0 Å². The van der Waals surface area contributed by atoms with Crippen molar-refractivity contribution in [2.24, 2.45) is 0 Å². The van der Waals surface area contributed by atoms with E-state index in [4.69, 9.17) is 11.6 Å². The molecule has 0 atom stereocenters. The summed E-state index contributed by atoms with van der Waals surface area (Å²) in [5, 5.41) is 0.652. The molecule has 0 fully saturated rings. The van der Waals surface area contributed by atoms with E-state index in [0.717, 1.165) is 16.7 Å². The predicted octanol–water partition coefficient (Wildman–Crippen LogP) is 19.5. The van der Waals surface area contributed by atoms with Crippen LogP contribution in [-0.4, -0.2) is 0 Å². The van der Waals surface area contributed by atoms with Crippen LogP contribution in [0.5, 0.6) is 0 Å². The molecule has 0 aliphatic heterocycles. The summed E-state index contributed by atoms with van der Waals surface area (Å²) in [6.07, 6.45) is 0. The van der Waals surface area contributed by atoms with Crippen LogP contribution < -0.4 is 0 Å². The van der Waals surface area contributed by atoms with Crippen LogP contribution in [0, 0.1) is 46.5 Å². The quantitative estimate of drug-likeness (QED) is 0.122. The summed E-state index contributed by atoms with van der Waals surface area (Å²) in [7, 11) is 0. The zero-order valence-electron chi connectivity index (χ0n) is 43.9. The smallest absolute Gasteiger partial charge is 0.165 e. The normalized spacial score (nSPS) is 12.8. The zero-order valence-corrected chi connectivity index (χ0v) is 44.7. The molecule has 66 heavy (non-hydrogen) atoms. The second-order valence-corrected chi connectivity index (χ2v) is 25.7. The minimum Gasteiger partial charge on any atom is -0.207 e. The maximum absolute atomic E-state index is 14.0. The van der Waals surface area contributed by atoms with E-state index >= 15 is 0 Å². The molecule has 0 unspecified atom stereocenters. The van der Waals surface area contributed by atoms with E-state index in [1.165, 1.54) is 53.7 Å². The molecule has 0 heterocycles. The summed E-state index contributed by atoms with van der Waals surface area (Å²) >= 11 is 6.23. The van der Waals surface area contributed by atoms with Gasteiger partial charge in [-0.05, 0) is 101 Å². The van der Waals surface area contributed by atoms with Crippen molar-refractivity contribution in [2.45, 2.75) is 217 Å². The van der Waals surface area contributed by atoms with Gasteiger partial charge in [-0.25, -0.2) is 35.1 Å². The van der Waals surface area contributed by atoms with Gasteiger partial charge in [0.15, 0.2) is 23.3 Å². The van der Waals surface area contributed by atoms with Gasteiger partial charge in [0.05, 0.1) is 0 Å². The Morgan fingerprint density at radius 3 is 0.833 bits per heavy atom. The highest BCUT2D eigenvalue weighted by Gasteiger charge is 2.36. The van der Waals surface area contributed by atoms with E-state index in [9.17, 15) is 35.1 Å². The lowest BCUT2D eigenvalue weighted by atomic mass is 9.80. The molecule has 0 aliphatic rings. The molecule has 374 valence electrons. The molecule has 0 radical (unpaired) electrons. The summed E-state index contributed by atoms with van der Waals surface area (Å²) in [6.45, 7) is 44.7. The fraction of sp³-hybridized carbons (Fsp3) is 0.579. The van der Waals surface area contributed by atoms with Crippen molar-refractivity contribution >= 4 is 11.6 Å². The predicted molar refractivity (Wildman–Crippen MR) is 267 cm³/mol. The number of rotatable bonds is 0. The molecule has 0 bridgehead atoms. The lowest BCUT2D eigenvalue weighted by Gasteiger charge is -2.26. The Balaban J connectivity index is 0.000000851. The number of halogens is 9. The van der Waals surface area contributed by atoms with E-state index in [1.54, 1.807) is 18.2 Å². The molecule has 0 N–H and O–H groups in total. The van der Waals surface area contributed by atoms with Crippen molar-refractivity contribution < 1.29 is 35.1 Å². The van der Waals surface area contributed by atoms with Gasteiger partial charge in [-0.1, -0.05) is 197 Å². The average molecular weight is 956 g/mol. The molecule has 0 saturated carbocycles. The van der Waals surface area contributed by atoms with Crippen LogP contribution in [0.1, 0.15) is 218 Å². The highest BCUT2D eigenvalue weighted by molar-refractivity contribution is 6.31. The third-order valence-electron chi connectivity index (χ3n) is 10.7. The van der Waals surface area contributed by atoms with Crippen LogP contribution in [-0.2, 0) is 43.3 Å². The SMILES string of the molecule is C.CC(C)(C)c1c(F)c(F)c(C(C)(C)C)c(F)c1F.CC(C)(C)c1cc(Cl)c(C(C)(C)C)cc1F.CC(C)(C)c1cc(F)c(C(C)(C)C)c(F)c1.CC(C)(C)c1ccc(C(C)(C)C)c(F)c1. The first-order chi connectivity index (χ1) is 28.6. The van der Waals surface area contributed by atoms with Gasteiger partial charge in [0.25, 0.3) is 0 Å². The molecule has 0 saturated heterocycles. The second-order valence-electron chi connectivity index (χ2n) is 25.3. The van der Waals surface area contributed by atoms with Crippen LogP contribution in [0.15, 0.2) is 42.5 Å². The fourth-order valence-corrected chi connectivity index (χ4v) is 7.40. The van der Waals surface area contributed by atoms with E-state index in [2.05, 4.69) is 20.8 Å². The second kappa shape index (κ2) is 21.5. The molecule has 4 aromatic carbocycles. The largest absolute Gasteiger partial charge is 0.207 e. The topological polar surface area (TPSA) is 0 Å². The Morgan fingerprint density at radius 2 is 0.576 bits per heavy atom. The lowest BCUT2D eigenvalue weighted by molar-refractivity contribution is 0.373. The van der Waals surface area contributed by atoms with Crippen molar-refractivity contribution in [3.63, 3.8) is 0 Å². The Morgan fingerprint density at radius 1 is 0.288 bits per heavy atom. The summed E-state index contributed by atoms with van der Waals surface area (Å²) in [5.41, 5.74) is -0.0992. The number of hydrogen-bond donors (Lipinski definition) is 0. The molecule has 0 amide bonds. The Labute approximate surface area is 400 Å². The van der Waals surface area contributed by atoms with Crippen LogP contribution >= 0.6 is 11.6 Å². The first kappa shape index (κ1) is 62.6. The number of benzene rings is 4. The maximum atomic E-state index is 14.0. The fourth-order valence-electron chi connectivity index (χ4n) is 6.96. The maximum Gasteiger partial charge on any atom is 0.165 e. The summed E-state index contributed by atoms with van der Waals surface area (Å²) in [4.78, 5) is 0. The van der Waals surface area contributed by atoms with Crippen LogP contribution in [0.3, 0.4) is 0 Å². The van der Waals surface area contributed by atoms with Gasteiger partial charge in [0.1, 0.15) is 23.3 Å². The molecule has 9 heteroatoms. The summed E-state index contributed by atoms with van der Waals surface area (Å²) < 4.78 is 111. The Hall–Kier alpha value is -3.39. The van der Waals surface area contributed by atoms with Crippen LogP contribution in [0.2, 0.25) is 5.02 Å². The van der Waals surface area contributed by atoms with Gasteiger partial charge in [-0.3, -0.25) is 0 Å². The van der Waals surface area contributed by atoms with Crippen molar-refractivity contribution in [2.75, 3.05) is 0 Å².